The summed E-state index contributed by atoms with van der Waals surface area (Å²) < 4.78 is 28.8. The average Bonchev–Trinajstić information content (AvgIpc) is 2.39. The van der Waals surface area contributed by atoms with E-state index in [1.807, 2.05) is 0 Å². The Bertz CT molecular complexity index is 672. The highest BCUT2D eigenvalue weighted by Gasteiger charge is 2.19. The van der Waals surface area contributed by atoms with E-state index in [0.717, 1.165) is 0 Å². The van der Waals surface area contributed by atoms with Gasteiger partial charge < -0.3 is 0 Å². The Hall–Kier alpha value is -1.50. The first kappa shape index (κ1) is 13.9. The normalized spacial score (nSPS) is 11.5. The van der Waals surface area contributed by atoms with E-state index in [2.05, 4.69) is 9.97 Å². The molecule has 19 heavy (non-hydrogen) atoms. The van der Waals surface area contributed by atoms with Crippen LogP contribution in [0.2, 0.25) is 5.28 Å². The Morgan fingerprint density at radius 1 is 1.21 bits per heavy atom. The van der Waals surface area contributed by atoms with Gasteiger partial charge in [-0.1, -0.05) is 18.2 Å². The third-order valence-corrected chi connectivity index (χ3v) is 4.00. The van der Waals surface area contributed by atoms with Crippen LogP contribution in [-0.2, 0) is 14.3 Å². The van der Waals surface area contributed by atoms with Gasteiger partial charge in [0.05, 0.1) is 6.61 Å². The fourth-order valence-electron chi connectivity index (χ4n) is 1.59. The van der Waals surface area contributed by atoms with Crippen molar-refractivity contribution < 1.29 is 12.6 Å². The van der Waals surface area contributed by atoms with E-state index < -0.39 is 10.1 Å². The third-order valence-electron chi connectivity index (χ3n) is 2.36. The van der Waals surface area contributed by atoms with Crippen LogP contribution >= 0.6 is 11.6 Å². The molecule has 5 nitrogen and oxygen atoms in total. The van der Waals surface area contributed by atoms with Crippen LogP contribution in [0.4, 0.5) is 0 Å². The molecule has 0 N–H and O–H groups in total. The van der Waals surface area contributed by atoms with Crippen LogP contribution in [0.5, 0.6) is 0 Å². The Kier molecular flexibility index (Phi) is 4.14. The van der Waals surface area contributed by atoms with Crippen molar-refractivity contribution in [1.82, 2.24) is 9.97 Å². The van der Waals surface area contributed by atoms with Gasteiger partial charge in [0.2, 0.25) is 5.28 Å². The second-order valence-corrected chi connectivity index (χ2v) is 5.52. The van der Waals surface area contributed by atoms with E-state index in [-0.39, 0.29) is 16.8 Å². The Labute approximate surface area is 116 Å². The van der Waals surface area contributed by atoms with Crippen LogP contribution < -0.4 is 0 Å². The maximum absolute atomic E-state index is 12.0. The molecular formula is C12H11ClN2O3S. The molecule has 1 heterocycles. The highest BCUT2D eigenvalue weighted by atomic mass is 35.5. The molecule has 1 aromatic heterocycles. The highest BCUT2D eigenvalue weighted by molar-refractivity contribution is 7.87. The molecule has 1 aromatic carbocycles. The fourth-order valence-corrected chi connectivity index (χ4v) is 2.83. The summed E-state index contributed by atoms with van der Waals surface area (Å²) in [6.07, 6.45) is 2.94. The third kappa shape index (κ3) is 3.09. The lowest BCUT2D eigenvalue weighted by molar-refractivity contribution is 0.338. The number of hydrogen-bond acceptors (Lipinski definition) is 5. The van der Waals surface area contributed by atoms with Gasteiger partial charge in [-0.3, -0.25) is 4.18 Å². The van der Waals surface area contributed by atoms with Crippen molar-refractivity contribution in [3.63, 3.8) is 0 Å². The molecule has 0 spiro atoms. The minimum atomic E-state index is -3.79. The van der Waals surface area contributed by atoms with Gasteiger partial charge in [-0.15, -0.1) is 0 Å². The zero-order chi connectivity index (χ0) is 13.9. The number of nitrogens with zero attached hydrogens (tertiary/aromatic N) is 2. The predicted molar refractivity (Wildman–Crippen MR) is 71.3 cm³/mol. The van der Waals surface area contributed by atoms with Gasteiger partial charge in [-0.2, -0.15) is 8.42 Å². The summed E-state index contributed by atoms with van der Waals surface area (Å²) in [5, 5.41) is 0.105. The fraction of sp³-hybridized carbons (Fsp3) is 0.167. The minimum absolute atomic E-state index is 0.0772. The second kappa shape index (κ2) is 5.64. The smallest absolute Gasteiger partial charge is 0.267 e. The van der Waals surface area contributed by atoms with E-state index in [1.165, 1.54) is 18.5 Å². The van der Waals surface area contributed by atoms with E-state index in [0.29, 0.717) is 11.1 Å². The molecule has 2 aromatic rings. The van der Waals surface area contributed by atoms with Crippen LogP contribution in [0.3, 0.4) is 0 Å². The van der Waals surface area contributed by atoms with Gasteiger partial charge in [0.1, 0.15) is 4.90 Å². The molecule has 2 rings (SSSR count). The lowest BCUT2D eigenvalue weighted by atomic mass is 10.1. The van der Waals surface area contributed by atoms with E-state index in [9.17, 15) is 8.42 Å². The Balaban J connectivity index is 2.56. The lowest BCUT2D eigenvalue weighted by Crippen LogP contribution is -2.07. The van der Waals surface area contributed by atoms with E-state index in [1.54, 1.807) is 25.1 Å². The van der Waals surface area contributed by atoms with Gasteiger partial charge in [0.25, 0.3) is 10.1 Å². The van der Waals surface area contributed by atoms with Gasteiger partial charge in [0.15, 0.2) is 0 Å². The van der Waals surface area contributed by atoms with Crippen LogP contribution in [-0.4, -0.2) is 25.0 Å². The monoisotopic (exact) mass is 298 g/mol. The van der Waals surface area contributed by atoms with Gasteiger partial charge >= 0.3 is 0 Å². The van der Waals surface area contributed by atoms with Crippen LogP contribution in [0.1, 0.15) is 6.92 Å². The molecule has 0 fully saturated rings. The molecule has 0 unspecified atom stereocenters. The van der Waals surface area contributed by atoms with Gasteiger partial charge in [-0.25, -0.2) is 9.97 Å². The molecular weight excluding hydrogens is 288 g/mol. The number of rotatable bonds is 4. The van der Waals surface area contributed by atoms with Gasteiger partial charge in [0, 0.05) is 23.5 Å². The molecule has 0 radical (unpaired) electrons. The maximum atomic E-state index is 12.0. The summed E-state index contributed by atoms with van der Waals surface area (Å²) in [6.45, 7) is 1.69. The molecule has 0 amide bonds. The van der Waals surface area contributed by atoms with Crippen LogP contribution in [0, 0.1) is 0 Å². The molecule has 0 aliphatic rings. The average molecular weight is 299 g/mol. The number of halogens is 1. The number of hydrogen-bond donors (Lipinski definition) is 0. The lowest BCUT2D eigenvalue weighted by Gasteiger charge is -2.09. The maximum Gasteiger partial charge on any atom is 0.297 e. The first-order valence-corrected chi connectivity index (χ1v) is 7.29. The van der Waals surface area contributed by atoms with Crippen molar-refractivity contribution in [2.45, 2.75) is 11.8 Å². The van der Waals surface area contributed by atoms with Crippen molar-refractivity contribution in [3.05, 3.63) is 41.9 Å². The minimum Gasteiger partial charge on any atom is -0.267 e. The predicted octanol–water partition coefficient (Wildman–Crippen LogP) is 2.52. The molecule has 0 saturated carbocycles. The Morgan fingerprint density at radius 3 is 2.47 bits per heavy atom. The van der Waals surface area contributed by atoms with E-state index in [4.69, 9.17) is 15.8 Å². The quantitative estimate of drug-likeness (QED) is 0.641. The van der Waals surface area contributed by atoms with Crippen LogP contribution in [0.25, 0.3) is 11.1 Å². The molecule has 0 atom stereocenters. The van der Waals surface area contributed by atoms with E-state index >= 15 is 0 Å². The molecule has 0 aliphatic carbocycles. The standard InChI is InChI=1S/C12H11ClN2O3S/c1-2-18-19(16,17)11-6-4-3-5-10(11)9-7-14-12(13)15-8-9/h3-8H,2H2,1H3. The first-order valence-electron chi connectivity index (χ1n) is 5.51. The highest BCUT2D eigenvalue weighted by Crippen LogP contribution is 2.27. The summed E-state index contributed by atoms with van der Waals surface area (Å²) in [6, 6.07) is 6.51. The molecule has 0 aliphatic heterocycles. The molecule has 7 heteroatoms. The van der Waals surface area contributed by atoms with Crippen molar-refractivity contribution in [2.75, 3.05) is 6.61 Å². The van der Waals surface area contributed by atoms with Gasteiger partial charge in [-0.05, 0) is 24.6 Å². The SMILES string of the molecule is CCOS(=O)(=O)c1ccccc1-c1cnc(Cl)nc1. The largest absolute Gasteiger partial charge is 0.297 e. The van der Waals surface area contributed by atoms with Crippen molar-refractivity contribution >= 4 is 21.7 Å². The summed E-state index contributed by atoms with van der Waals surface area (Å²) in [4.78, 5) is 7.77. The topological polar surface area (TPSA) is 69.2 Å². The number of aromatic nitrogens is 2. The summed E-state index contributed by atoms with van der Waals surface area (Å²) >= 11 is 5.61. The number of benzene rings is 1. The van der Waals surface area contributed by atoms with Crippen molar-refractivity contribution in [3.8, 4) is 11.1 Å². The van der Waals surface area contributed by atoms with Crippen molar-refractivity contribution in [1.29, 1.82) is 0 Å². The molecule has 100 valence electrons. The van der Waals surface area contributed by atoms with Crippen LogP contribution in [0.15, 0.2) is 41.6 Å². The summed E-state index contributed by atoms with van der Waals surface area (Å²) in [5.74, 6) is 0. The van der Waals surface area contributed by atoms with Crippen molar-refractivity contribution in [2.24, 2.45) is 0 Å². The zero-order valence-electron chi connectivity index (χ0n) is 10.1. The summed E-state index contributed by atoms with van der Waals surface area (Å²) in [7, 11) is -3.79. The first-order chi connectivity index (χ1) is 9.04. The zero-order valence-corrected chi connectivity index (χ0v) is 11.6. The molecule has 0 saturated heterocycles. The summed E-state index contributed by atoms with van der Waals surface area (Å²) in [5.41, 5.74) is 1.04. The second-order valence-electron chi connectivity index (χ2n) is 3.60. The Morgan fingerprint density at radius 2 is 1.84 bits per heavy atom. The molecule has 0 bridgehead atoms.